The first-order valence-electron chi connectivity index (χ1n) is 9.45. The first kappa shape index (κ1) is 31.6. The number of hydrogen-bond acceptors (Lipinski definition) is 9. The molecular formula is C23H16CuN6O7. The normalized spacial score (nSPS) is 8.70. The summed E-state index contributed by atoms with van der Waals surface area (Å²) in [4.78, 5) is 37.7. The number of aromatic carboxylic acids is 2. The number of para-hydroxylation sites is 2. The van der Waals surface area contributed by atoms with Gasteiger partial charge in [-0.05, 0) is 22.9 Å². The Balaban J connectivity index is 0.000000535. The summed E-state index contributed by atoms with van der Waals surface area (Å²) in [6.45, 7) is 0. The Kier molecular flexibility index (Phi) is 13.2. The Bertz CT molecular complexity index is 1390. The van der Waals surface area contributed by atoms with Crippen molar-refractivity contribution in [2.45, 2.75) is 0 Å². The number of amides is 2. The van der Waals surface area contributed by atoms with Gasteiger partial charge >= 0.3 is 35.0 Å². The Morgan fingerprint density at radius 1 is 0.703 bits per heavy atom. The van der Waals surface area contributed by atoms with Crippen molar-refractivity contribution in [3.05, 3.63) is 72.1 Å². The number of benzene rings is 2. The van der Waals surface area contributed by atoms with E-state index in [1.54, 1.807) is 36.4 Å². The second-order valence-corrected chi connectivity index (χ2v) is 6.29. The summed E-state index contributed by atoms with van der Waals surface area (Å²) in [5.74, 6) is -2.78. The fraction of sp³-hybridized carbons (Fsp3) is 0. The maximum Gasteiger partial charge on any atom is 2.00 e. The van der Waals surface area contributed by atoms with E-state index in [-0.39, 0.29) is 51.0 Å². The third-order valence-electron chi connectivity index (χ3n) is 3.85. The number of nitrogens with zero attached hydrogens (tertiary/aromatic N) is 4. The van der Waals surface area contributed by atoms with Gasteiger partial charge in [0.1, 0.15) is 11.4 Å². The predicted octanol–water partition coefficient (Wildman–Crippen LogP) is 1.07. The van der Waals surface area contributed by atoms with Gasteiger partial charge in [0.25, 0.3) is 0 Å². The number of pyridine rings is 2. The second-order valence-electron chi connectivity index (χ2n) is 6.29. The van der Waals surface area contributed by atoms with E-state index < -0.39 is 18.0 Å². The minimum Gasteiger partial charge on any atom is -0.871 e. The van der Waals surface area contributed by atoms with Crippen LogP contribution in [0.25, 0.3) is 21.8 Å². The van der Waals surface area contributed by atoms with Gasteiger partial charge in [-0.1, -0.05) is 60.0 Å². The smallest absolute Gasteiger partial charge is 0.871 e. The number of carbonyl (C=O) groups excluding carboxylic acids is 1. The Morgan fingerprint density at radius 2 is 1.03 bits per heavy atom. The van der Waals surface area contributed by atoms with Crippen LogP contribution in [-0.2, 0) is 17.1 Å². The molecule has 0 aliphatic heterocycles. The summed E-state index contributed by atoms with van der Waals surface area (Å²) >= 11 is 0. The summed E-state index contributed by atoms with van der Waals surface area (Å²) in [7, 11) is 0. The topological polar surface area (TPSA) is 263 Å². The summed E-state index contributed by atoms with van der Waals surface area (Å²) in [5, 5.41) is 55.8. The maximum absolute atomic E-state index is 11.3. The van der Waals surface area contributed by atoms with Gasteiger partial charge in [-0.15, -0.1) is 0 Å². The number of primary amides is 2. The molecule has 1 radical (unpaired) electrons. The molecule has 13 nitrogen and oxygen atoms in total. The molecule has 37 heavy (non-hydrogen) atoms. The zero-order valence-corrected chi connectivity index (χ0v) is 19.4. The molecule has 2 heterocycles. The largest absolute Gasteiger partial charge is 2.00 e. The molecule has 0 atom stereocenters. The average molecular weight is 552 g/mol. The van der Waals surface area contributed by atoms with Crippen molar-refractivity contribution in [2.24, 2.45) is 11.5 Å². The summed E-state index contributed by atoms with van der Waals surface area (Å²) in [6.07, 6.45) is 0. The van der Waals surface area contributed by atoms with Crippen molar-refractivity contribution < 1.29 is 51.9 Å². The number of fused-ring (bicyclic) bond motifs is 2. The summed E-state index contributed by atoms with van der Waals surface area (Å²) in [6, 6.07) is 16.9. The van der Waals surface area contributed by atoms with E-state index >= 15 is 0 Å². The number of carboxylic acids is 2. The van der Waals surface area contributed by atoms with Gasteiger partial charge in [0.15, 0.2) is 12.1 Å². The number of nitriles is 2. The predicted molar refractivity (Wildman–Crippen MR) is 121 cm³/mol. The molecule has 0 fully saturated rings. The number of rotatable bonds is 2. The number of aromatic nitrogens is 2. The van der Waals surface area contributed by atoms with E-state index in [1.807, 2.05) is 0 Å². The van der Waals surface area contributed by atoms with Crippen LogP contribution < -0.4 is 21.7 Å². The minimum atomic E-state index is -1.13. The van der Waals surface area contributed by atoms with Crippen LogP contribution in [-0.4, -0.2) is 38.2 Å². The fourth-order valence-electron chi connectivity index (χ4n) is 2.48. The molecule has 4 aromatic rings. The fourth-order valence-corrected chi connectivity index (χ4v) is 2.48. The van der Waals surface area contributed by atoms with E-state index in [0.717, 1.165) is 0 Å². The van der Waals surface area contributed by atoms with Gasteiger partial charge in [0.05, 0.1) is 11.0 Å². The first-order chi connectivity index (χ1) is 17.0. The van der Waals surface area contributed by atoms with Gasteiger partial charge < -0.3 is 31.9 Å². The molecular weight excluding hydrogens is 536 g/mol. The van der Waals surface area contributed by atoms with E-state index in [9.17, 15) is 19.8 Å². The van der Waals surface area contributed by atoms with Crippen LogP contribution in [0.15, 0.2) is 60.7 Å². The number of urea groups is 1. The van der Waals surface area contributed by atoms with E-state index in [0.29, 0.717) is 10.8 Å². The average Bonchev–Trinajstić information content (AvgIpc) is 2.84. The summed E-state index contributed by atoms with van der Waals surface area (Å²) in [5.41, 5.74) is 8.68. The minimum absolute atomic E-state index is 0. The standard InChI is InChI=1S/2C10H7NO3.C2N2.CH4N2O.Cu/c2*12-8-3-1-2-6-4-5-7(10(13)14)11-9(6)8;3-1-2-4;2-1(3)4;/h2*1-5,12H,(H,13,14);;(H4,2,3,4);/q;;;;+2/p-2. The molecule has 0 saturated heterocycles. The third kappa shape index (κ3) is 10.2. The molecule has 0 bridgehead atoms. The SMILES string of the molecule is N#CC#N.NC(N)=O.O=C(O)c1ccc2cccc([O-])c2n1.O=C(O)c1ccc2cccc([O-])c2n1.[Cu+2]. The number of hydrogen-bond donors (Lipinski definition) is 4. The van der Waals surface area contributed by atoms with Crippen molar-refractivity contribution >= 4 is 39.8 Å². The van der Waals surface area contributed by atoms with Gasteiger partial charge in [0, 0.05) is 0 Å². The van der Waals surface area contributed by atoms with Crippen LogP contribution in [0, 0.1) is 22.7 Å². The Hall–Kier alpha value is -5.43. The van der Waals surface area contributed by atoms with Crippen molar-refractivity contribution in [3.8, 4) is 23.6 Å². The molecule has 0 spiro atoms. The zero-order valence-electron chi connectivity index (χ0n) is 18.5. The van der Waals surface area contributed by atoms with Gasteiger partial charge in [-0.3, -0.25) is 0 Å². The molecule has 4 rings (SSSR count). The monoisotopic (exact) mass is 551 g/mol. The van der Waals surface area contributed by atoms with E-state index in [2.05, 4.69) is 21.4 Å². The molecule has 0 unspecified atom stereocenters. The van der Waals surface area contributed by atoms with Crippen LogP contribution in [0.2, 0.25) is 0 Å². The molecule has 0 aliphatic carbocycles. The summed E-state index contributed by atoms with van der Waals surface area (Å²) < 4.78 is 0. The second kappa shape index (κ2) is 15.5. The van der Waals surface area contributed by atoms with E-state index in [1.165, 1.54) is 36.4 Å². The first-order valence-corrected chi connectivity index (χ1v) is 9.45. The number of nitrogens with two attached hydrogens (primary N) is 2. The van der Waals surface area contributed by atoms with Crippen LogP contribution in [0.4, 0.5) is 4.79 Å². The van der Waals surface area contributed by atoms with Gasteiger partial charge in [-0.2, -0.15) is 10.5 Å². The molecule has 2 amide bonds. The van der Waals surface area contributed by atoms with Crippen LogP contribution in [0.3, 0.4) is 0 Å². The van der Waals surface area contributed by atoms with Crippen molar-refractivity contribution in [1.29, 1.82) is 10.5 Å². The molecule has 14 heteroatoms. The molecule has 0 saturated carbocycles. The van der Waals surface area contributed by atoms with Crippen LogP contribution >= 0.6 is 0 Å². The molecule has 2 aromatic heterocycles. The van der Waals surface area contributed by atoms with Crippen molar-refractivity contribution in [2.75, 3.05) is 0 Å². The zero-order chi connectivity index (χ0) is 27.3. The van der Waals surface area contributed by atoms with Crippen molar-refractivity contribution in [1.82, 2.24) is 9.97 Å². The Labute approximate surface area is 219 Å². The molecule has 6 N–H and O–H groups in total. The number of carbonyl (C=O) groups is 3. The number of carboxylic acid groups (broad SMARTS) is 2. The van der Waals surface area contributed by atoms with Crippen LogP contribution in [0.5, 0.6) is 11.5 Å². The molecule has 0 aliphatic rings. The van der Waals surface area contributed by atoms with Gasteiger partial charge in [0.2, 0.25) is 0 Å². The quantitative estimate of drug-likeness (QED) is 0.256. The third-order valence-corrected chi connectivity index (χ3v) is 3.85. The molecule has 2 aromatic carbocycles. The Morgan fingerprint density at radius 3 is 1.30 bits per heavy atom. The van der Waals surface area contributed by atoms with Crippen molar-refractivity contribution in [3.63, 3.8) is 0 Å². The van der Waals surface area contributed by atoms with Gasteiger partial charge in [-0.25, -0.2) is 24.4 Å². The molecule has 191 valence electrons. The maximum atomic E-state index is 11.3. The van der Waals surface area contributed by atoms with Crippen LogP contribution in [0.1, 0.15) is 21.0 Å². The van der Waals surface area contributed by atoms with E-state index in [4.69, 9.17) is 25.5 Å².